The van der Waals surface area contributed by atoms with Crippen LogP contribution in [0.15, 0.2) is 34.2 Å². The van der Waals surface area contributed by atoms with Crippen molar-refractivity contribution in [2.75, 3.05) is 34.0 Å². The normalized spacial score (nSPS) is 10.8. The maximum absolute atomic E-state index is 11.0. The van der Waals surface area contributed by atoms with Gasteiger partial charge in [0, 0.05) is 38.5 Å². The van der Waals surface area contributed by atoms with Crippen molar-refractivity contribution in [3.63, 3.8) is 0 Å². The highest BCUT2D eigenvalue weighted by atomic mass is 127. The Morgan fingerprint density at radius 1 is 1.29 bits per heavy atom. The molecule has 0 fully saturated rings. The molecule has 1 aromatic carbocycles. The van der Waals surface area contributed by atoms with Crippen LogP contribution >= 0.6 is 35.7 Å². The SMILES string of the molecule is CN=C(NCCCCC(=O)OC)N(C)Cc1ccc(SC)cc1.I. The zero-order valence-electron chi connectivity index (χ0n) is 14.9. The number of carbonyl (C=O) groups is 1. The molecule has 0 amide bonds. The molecule has 0 saturated carbocycles. The van der Waals surface area contributed by atoms with E-state index in [2.05, 4.69) is 50.5 Å². The molecule has 7 heteroatoms. The minimum absolute atomic E-state index is 0. The van der Waals surface area contributed by atoms with E-state index in [1.54, 1.807) is 18.8 Å². The molecule has 136 valence electrons. The van der Waals surface area contributed by atoms with E-state index in [-0.39, 0.29) is 29.9 Å². The number of esters is 1. The van der Waals surface area contributed by atoms with Crippen LogP contribution in [0.1, 0.15) is 24.8 Å². The van der Waals surface area contributed by atoms with E-state index < -0.39 is 0 Å². The summed E-state index contributed by atoms with van der Waals surface area (Å²) in [5, 5.41) is 3.32. The van der Waals surface area contributed by atoms with E-state index in [0.717, 1.165) is 31.9 Å². The Bertz CT molecular complexity index is 509. The number of unbranched alkanes of at least 4 members (excludes halogenated alkanes) is 1. The fourth-order valence-electron chi connectivity index (χ4n) is 2.16. The zero-order chi connectivity index (χ0) is 17.1. The van der Waals surface area contributed by atoms with E-state index in [9.17, 15) is 4.79 Å². The minimum Gasteiger partial charge on any atom is -0.469 e. The number of hydrogen-bond acceptors (Lipinski definition) is 4. The molecule has 0 bridgehead atoms. The smallest absolute Gasteiger partial charge is 0.305 e. The Morgan fingerprint density at radius 2 is 1.96 bits per heavy atom. The third-order valence-corrected chi connectivity index (χ3v) is 4.21. The topological polar surface area (TPSA) is 53.9 Å². The molecule has 0 unspecified atom stereocenters. The number of benzene rings is 1. The molecule has 1 aromatic rings. The Kier molecular flexibility index (Phi) is 12.8. The van der Waals surface area contributed by atoms with Crippen LogP contribution < -0.4 is 5.32 Å². The quantitative estimate of drug-likeness (QED) is 0.159. The molecule has 0 radical (unpaired) electrons. The number of rotatable bonds is 8. The average Bonchev–Trinajstić information content (AvgIpc) is 2.58. The fourth-order valence-corrected chi connectivity index (χ4v) is 2.57. The summed E-state index contributed by atoms with van der Waals surface area (Å²) in [7, 11) is 5.22. The highest BCUT2D eigenvalue weighted by molar-refractivity contribution is 14.0. The summed E-state index contributed by atoms with van der Waals surface area (Å²) in [5.41, 5.74) is 1.25. The van der Waals surface area contributed by atoms with Gasteiger partial charge >= 0.3 is 5.97 Å². The first-order valence-electron chi connectivity index (χ1n) is 7.72. The number of guanidine groups is 1. The van der Waals surface area contributed by atoms with Crippen LogP contribution in [-0.4, -0.2) is 50.8 Å². The number of nitrogens with zero attached hydrogens (tertiary/aromatic N) is 2. The standard InChI is InChI=1S/C17H27N3O2S.HI/c1-18-17(19-12-6-5-7-16(21)22-3)20(2)13-14-8-10-15(23-4)11-9-14;/h8-11H,5-7,12-13H2,1-4H3,(H,18,19);1H. The number of halogens is 1. The van der Waals surface area contributed by atoms with Crippen molar-refractivity contribution in [1.29, 1.82) is 0 Å². The molecule has 0 aromatic heterocycles. The lowest BCUT2D eigenvalue weighted by molar-refractivity contribution is -0.140. The van der Waals surface area contributed by atoms with Gasteiger partial charge in [-0.3, -0.25) is 9.79 Å². The van der Waals surface area contributed by atoms with E-state index in [4.69, 9.17) is 0 Å². The molecule has 5 nitrogen and oxygen atoms in total. The summed E-state index contributed by atoms with van der Waals surface area (Å²) in [4.78, 5) is 18.7. The highest BCUT2D eigenvalue weighted by Gasteiger charge is 2.06. The minimum atomic E-state index is -0.153. The summed E-state index contributed by atoms with van der Waals surface area (Å²) in [6, 6.07) is 8.56. The fraction of sp³-hybridized carbons (Fsp3) is 0.529. The van der Waals surface area contributed by atoms with Crippen molar-refractivity contribution in [2.45, 2.75) is 30.7 Å². The molecular formula is C17H28IN3O2S. The van der Waals surface area contributed by atoms with Gasteiger partial charge in [0.25, 0.3) is 0 Å². The molecule has 24 heavy (non-hydrogen) atoms. The van der Waals surface area contributed by atoms with Crippen molar-refractivity contribution < 1.29 is 9.53 Å². The van der Waals surface area contributed by atoms with E-state index >= 15 is 0 Å². The number of ether oxygens (including phenoxy) is 1. The van der Waals surface area contributed by atoms with Crippen LogP contribution in [0.25, 0.3) is 0 Å². The third-order valence-electron chi connectivity index (χ3n) is 3.47. The van der Waals surface area contributed by atoms with Gasteiger partial charge in [-0.05, 0) is 36.8 Å². The second-order valence-electron chi connectivity index (χ2n) is 5.21. The lowest BCUT2D eigenvalue weighted by atomic mass is 10.2. The number of aliphatic imine (C=N–C) groups is 1. The van der Waals surface area contributed by atoms with Gasteiger partial charge in [0.1, 0.15) is 0 Å². The van der Waals surface area contributed by atoms with Crippen molar-refractivity contribution in [2.24, 2.45) is 4.99 Å². The zero-order valence-corrected chi connectivity index (χ0v) is 18.0. The molecular weight excluding hydrogens is 437 g/mol. The molecule has 0 aliphatic heterocycles. The van der Waals surface area contributed by atoms with Gasteiger partial charge in [-0.15, -0.1) is 35.7 Å². The number of thioether (sulfide) groups is 1. The highest BCUT2D eigenvalue weighted by Crippen LogP contribution is 2.15. The number of methoxy groups -OCH3 is 1. The lowest BCUT2D eigenvalue weighted by Gasteiger charge is -2.22. The van der Waals surface area contributed by atoms with Crippen molar-refractivity contribution in [3.8, 4) is 0 Å². The van der Waals surface area contributed by atoms with Gasteiger partial charge in [0.2, 0.25) is 0 Å². The molecule has 0 aliphatic rings. The summed E-state index contributed by atoms with van der Waals surface area (Å²) in [5.74, 6) is 0.706. The molecule has 1 rings (SSSR count). The summed E-state index contributed by atoms with van der Waals surface area (Å²) in [6.07, 6.45) is 4.27. The van der Waals surface area contributed by atoms with Crippen molar-refractivity contribution in [3.05, 3.63) is 29.8 Å². The van der Waals surface area contributed by atoms with Crippen LogP contribution in [0.4, 0.5) is 0 Å². The Hall–Kier alpha value is -0.960. The van der Waals surface area contributed by atoms with Crippen LogP contribution in [0.2, 0.25) is 0 Å². The van der Waals surface area contributed by atoms with Gasteiger partial charge in [-0.1, -0.05) is 12.1 Å². The third kappa shape index (κ3) is 8.77. The molecule has 0 spiro atoms. The van der Waals surface area contributed by atoms with Crippen LogP contribution in [0.3, 0.4) is 0 Å². The molecule has 0 aliphatic carbocycles. The van der Waals surface area contributed by atoms with Crippen LogP contribution in [-0.2, 0) is 16.1 Å². The monoisotopic (exact) mass is 465 g/mol. The number of hydrogen-bond donors (Lipinski definition) is 1. The Morgan fingerprint density at radius 3 is 2.50 bits per heavy atom. The van der Waals surface area contributed by atoms with Gasteiger partial charge in [0.05, 0.1) is 7.11 Å². The van der Waals surface area contributed by atoms with E-state index in [1.807, 2.05) is 7.05 Å². The molecule has 0 saturated heterocycles. The van der Waals surface area contributed by atoms with Crippen LogP contribution in [0, 0.1) is 0 Å². The average molecular weight is 465 g/mol. The first kappa shape index (κ1) is 23.0. The summed E-state index contributed by atoms with van der Waals surface area (Å²) < 4.78 is 4.63. The predicted octanol–water partition coefficient (Wildman–Crippen LogP) is 3.38. The van der Waals surface area contributed by atoms with E-state index in [0.29, 0.717) is 6.42 Å². The maximum atomic E-state index is 11.0. The van der Waals surface area contributed by atoms with Gasteiger partial charge < -0.3 is 15.0 Å². The van der Waals surface area contributed by atoms with Gasteiger partial charge in [-0.2, -0.15) is 0 Å². The molecule has 0 heterocycles. The number of carbonyl (C=O) groups excluding carboxylic acids is 1. The first-order valence-corrected chi connectivity index (χ1v) is 8.94. The molecule has 1 N–H and O–H groups in total. The van der Waals surface area contributed by atoms with Crippen molar-refractivity contribution >= 4 is 47.7 Å². The summed E-state index contributed by atoms with van der Waals surface area (Å²) in [6.45, 7) is 1.59. The first-order chi connectivity index (χ1) is 11.1. The second kappa shape index (κ2) is 13.3. The van der Waals surface area contributed by atoms with Gasteiger partial charge in [-0.25, -0.2) is 0 Å². The Labute approximate surface area is 166 Å². The van der Waals surface area contributed by atoms with Crippen LogP contribution in [0.5, 0.6) is 0 Å². The Balaban J connectivity index is 0.00000529. The lowest BCUT2D eigenvalue weighted by Crippen LogP contribution is -2.38. The molecule has 0 atom stereocenters. The number of nitrogens with one attached hydrogen (secondary N) is 1. The summed E-state index contributed by atoms with van der Waals surface area (Å²) >= 11 is 1.74. The van der Waals surface area contributed by atoms with E-state index in [1.165, 1.54) is 17.6 Å². The second-order valence-corrected chi connectivity index (χ2v) is 6.09. The van der Waals surface area contributed by atoms with Gasteiger partial charge in [0.15, 0.2) is 5.96 Å². The maximum Gasteiger partial charge on any atom is 0.305 e. The van der Waals surface area contributed by atoms with Crippen molar-refractivity contribution in [1.82, 2.24) is 10.2 Å². The largest absolute Gasteiger partial charge is 0.469 e. The predicted molar refractivity (Wildman–Crippen MR) is 112 cm³/mol.